The van der Waals surface area contributed by atoms with Crippen LogP contribution in [-0.2, 0) is 4.79 Å². The van der Waals surface area contributed by atoms with Crippen LogP contribution in [0.5, 0.6) is 5.75 Å². The van der Waals surface area contributed by atoms with Gasteiger partial charge in [-0.15, -0.1) is 0 Å². The van der Waals surface area contributed by atoms with Gasteiger partial charge in [-0.3, -0.25) is 14.8 Å². The second-order valence-electron chi connectivity index (χ2n) is 6.35. The Morgan fingerprint density at radius 3 is 2.63 bits per heavy atom. The van der Waals surface area contributed by atoms with Crippen LogP contribution < -0.4 is 10.2 Å². The Kier molecular flexibility index (Phi) is 6.22. The fraction of sp³-hybridized carbons (Fsp3) is 0.238. The van der Waals surface area contributed by atoms with Crippen LogP contribution in [0, 0.1) is 0 Å². The van der Waals surface area contributed by atoms with E-state index in [2.05, 4.69) is 0 Å². The van der Waals surface area contributed by atoms with Gasteiger partial charge in [0.25, 0.3) is 11.8 Å². The minimum atomic E-state index is -0.609. The number of hydroxylamine groups is 1. The summed E-state index contributed by atoms with van der Waals surface area (Å²) in [5.41, 5.74) is 2.97. The maximum Gasteiger partial charge on any atom is 0.267 e. The highest BCUT2D eigenvalue weighted by atomic mass is 16.5. The van der Waals surface area contributed by atoms with Crippen molar-refractivity contribution in [1.29, 1.82) is 0 Å². The van der Waals surface area contributed by atoms with E-state index in [-0.39, 0.29) is 12.0 Å². The third-order valence-corrected chi connectivity index (χ3v) is 4.42. The van der Waals surface area contributed by atoms with Gasteiger partial charge in [-0.25, -0.2) is 5.48 Å². The standard InChI is InChI=1S/C21H22N2O4/c24-20(22-26)13-12-16-7-4-5-11-19(16)27-18-10-6-14-23(15-18)21(25)17-8-2-1-3-9-17/h1-5,7-9,11-13,18,26H,6,10,14-15H2,(H,22,24)/t18-/m0/s1. The Morgan fingerprint density at radius 2 is 1.85 bits per heavy atom. The Balaban J connectivity index is 1.69. The lowest BCUT2D eigenvalue weighted by Gasteiger charge is -2.33. The molecule has 0 unspecified atom stereocenters. The second-order valence-corrected chi connectivity index (χ2v) is 6.35. The molecule has 140 valence electrons. The molecule has 0 bridgehead atoms. The van der Waals surface area contributed by atoms with E-state index in [1.165, 1.54) is 6.08 Å². The molecule has 6 nitrogen and oxygen atoms in total. The number of hydrogen-bond acceptors (Lipinski definition) is 4. The Labute approximate surface area is 158 Å². The SMILES string of the molecule is O=C(C=Cc1ccccc1O[C@H]1CCCN(C(=O)c2ccccc2)C1)NO. The van der Waals surface area contributed by atoms with E-state index in [9.17, 15) is 9.59 Å². The number of ether oxygens (including phenoxy) is 1. The summed E-state index contributed by atoms with van der Waals surface area (Å²) in [6.07, 6.45) is 4.42. The average molecular weight is 366 g/mol. The van der Waals surface area contributed by atoms with Crippen LogP contribution in [0.25, 0.3) is 6.08 Å². The van der Waals surface area contributed by atoms with E-state index in [0.717, 1.165) is 18.4 Å². The van der Waals surface area contributed by atoms with Crippen LogP contribution >= 0.6 is 0 Å². The largest absolute Gasteiger partial charge is 0.488 e. The second kappa shape index (κ2) is 9.00. The summed E-state index contributed by atoms with van der Waals surface area (Å²) < 4.78 is 6.13. The molecular formula is C21H22N2O4. The zero-order valence-corrected chi connectivity index (χ0v) is 14.9. The van der Waals surface area contributed by atoms with Crippen LogP contribution in [-0.4, -0.2) is 41.1 Å². The van der Waals surface area contributed by atoms with Crippen molar-refractivity contribution in [2.45, 2.75) is 18.9 Å². The lowest BCUT2D eigenvalue weighted by atomic mass is 10.1. The number of hydrogen-bond donors (Lipinski definition) is 2. The van der Waals surface area contributed by atoms with Crippen molar-refractivity contribution in [3.63, 3.8) is 0 Å². The molecule has 1 saturated heterocycles. The predicted octanol–water partition coefficient (Wildman–Crippen LogP) is 2.89. The van der Waals surface area contributed by atoms with Crippen molar-refractivity contribution in [1.82, 2.24) is 10.4 Å². The molecule has 27 heavy (non-hydrogen) atoms. The summed E-state index contributed by atoms with van der Waals surface area (Å²) >= 11 is 0. The highest BCUT2D eigenvalue weighted by Crippen LogP contribution is 2.24. The molecule has 1 heterocycles. The van der Waals surface area contributed by atoms with E-state index in [1.54, 1.807) is 11.6 Å². The van der Waals surface area contributed by atoms with E-state index in [4.69, 9.17) is 9.94 Å². The fourth-order valence-corrected chi connectivity index (χ4v) is 3.09. The van der Waals surface area contributed by atoms with Crippen molar-refractivity contribution in [2.24, 2.45) is 0 Å². The molecule has 2 N–H and O–H groups in total. The van der Waals surface area contributed by atoms with Crippen LogP contribution in [0.1, 0.15) is 28.8 Å². The number of likely N-dealkylation sites (tertiary alicyclic amines) is 1. The zero-order chi connectivity index (χ0) is 19.1. The Hall–Kier alpha value is -3.12. The molecule has 1 aliphatic rings. The molecule has 1 aliphatic heterocycles. The molecule has 1 atom stereocenters. The molecule has 1 fully saturated rings. The lowest BCUT2D eigenvalue weighted by molar-refractivity contribution is -0.124. The van der Waals surface area contributed by atoms with Gasteiger partial charge in [0, 0.05) is 23.7 Å². The monoisotopic (exact) mass is 366 g/mol. The van der Waals surface area contributed by atoms with Gasteiger partial charge in [0.05, 0.1) is 6.54 Å². The number of nitrogens with one attached hydrogen (secondary N) is 1. The fourth-order valence-electron chi connectivity index (χ4n) is 3.09. The minimum Gasteiger partial charge on any atom is -0.488 e. The minimum absolute atomic E-state index is 0.0108. The first-order valence-corrected chi connectivity index (χ1v) is 8.89. The summed E-state index contributed by atoms with van der Waals surface area (Å²) in [5, 5.41) is 8.60. The molecule has 0 aliphatic carbocycles. The van der Waals surface area contributed by atoms with E-state index in [1.807, 2.05) is 59.5 Å². The van der Waals surface area contributed by atoms with Crippen LogP contribution in [0.3, 0.4) is 0 Å². The topological polar surface area (TPSA) is 78.9 Å². The van der Waals surface area contributed by atoms with Crippen molar-refractivity contribution >= 4 is 17.9 Å². The Bertz CT molecular complexity index is 820. The van der Waals surface area contributed by atoms with Gasteiger partial charge in [0.2, 0.25) is 0 Å². The number of benzene rings is 2. The smallest absolute Gasteiger partial charge is 0.267 e. The third-order valence-electron chi connectivity index (χ3n) is 4.42. The normalized spacial score (nSPS) is 16.9. The van der Waals surface area contributed by atoms with Gasteiger partial charge >= 0.3 is 0 Å². The van der Waals surface area contributed by atoms with Gasteiger partial charge in [-0.2, -0.15) is 0 Å². The number of rotatable bonds is 5. The van der Waals surface area contributed by atoms with Crippen molar-refractivity contribution in [3.8, 4) is 5.75 Å². The number of carbonyl (C=O) groups is 2. The number of piperidine rings is 1. The molecule has 3 rings (SSSR count). The first-order valence-electron chi connectivity index (χ1n) is 8.89. The third kappa shape index (κ3) is 4.95. The van der Waals surface area contributed by atoms with Crippen molar-refractivity contribution < 1.29 is 19.5 Å². The number of para-hydroxylation sites is 1. The summed E-state index contributed by atoms with van der Waals surface area (Å²) in [7, 11) is 0. The van der Waals surface area contributed by atoms with E-state index >= 15 is 0 Å². The maximum absolute atomic E-state index is 12.7. The van der Waals surface area contributed by atoms with E-state index < -0.39 is 5.91 Å². The number of amides is 2. The van der Waals surface area contributed by atoms with Gasteiger partial charge in [-0.05, 0) is 37.1 Å². The molecule has 0 aromatic heterocycles. The molecule has 0 saturated carbocycles. The molecule has 2 aromatic rings. The van der Waals surface area contributed by atoms with Gasteiger partial charge in [0.15, 0.2) is 0 Å². The maximum atomic E-state index is 12.7. The van der Waals surface area contributed by atoms with Gasteiger partial charge < -0.3 is 9.64 Å². The highest BCUT2D eigenvalue weighted by Gasteiger charge is 2.26. The summed E-state index contributed by atoms with van der Waals surface area (Å²) in [5.74, 6) is 0.0392. The van der Waals surface area contributed by atoms with Gasteiger partial charge in [0.1, 0.15) is 11.9 Å². The summed E-state index contributed by atoms with van der Waals surface area (Å²) in [6.45, 7) is 1.23. The van der Waals surface area contributed by atoms with Crippen molar-refractivity contribution in [3.05, 3.63) is 71.8 Å². The summed E-state index contributed by atoms with van der Waals surface area (Å²) in [6, 6.07) is 16.6. The molecule has 2 amide bonds. The molecule has 0 spiro atoms. The van der Waals surface area contributed by atoms with E-state index in [0.29, 0.717) is 24.4 Å². The van der Waals surface area contributed by atoms with Crippen molar-refractivity contribution in [2.75, 3.05) is 13.1 Å². The number of nitrogens with zero attached hydrogens (tertiary/aromatic N) is 1. The quantitative estimate of drug-likeness (QED) is 0.484. The predicted molar refractivity (Wildman–Crippen MR) is 101 cm³/mol. The lowest BCUT2D eigenvalue weighted by Crippen LogP contribution is -2.44. The van der Waals surface area contributed by atoms with Crippen LogP contribution in [0.2, 0.25) is 0 Å². The van der Waals surface area contributed by atoms with Crippen LogP contribution in [0.4, 0.5) is 0 Å². The zero-order valence-electron chi connectivity index (χ0n) is 14.9. The van der Waals surface area contributed by atoms with Crippen LogP contribution in [0.15, 0.2) is 60.7 Å². The summed E-state index contributed by atoms with van der Waals surface area (Å²) in [4.78, 5) is 25.7. The molecule has 0 radical (unpaired) electrons. The molecule has 6 heteroatoms. The first-order chi connectivity index (χ1) is 13.2. The average Bonchev–Trinajstić information content (AvgIpc) is 2.73. The first kappa shape index (κ1) is 18.7. The Morgan fingerprint density at radius 1 is 1.11 bits per heavy atom. The van der Waals surface area contributed by atoms with Gasteiger partial charge in [-0.1, -0.05) is 36.4 Å². The number of carbonyl (C=O) groups excluding carboxylic acids is 2. The highest BCUT2D eigenvalue weighted by molar-refractivity contribution is 5.94. The molecular weight excluding hydrogens is 344 g/mol. The molecule has 2 aromatic carbocycles.